The van der Waals surface area contributed by atoms with E-state index in [2.05, 4.69) is 0 Å². The van der Waals surface area contributed by atoms with Crippen LogP contribution in [0.2, 0.25) is 0 Å². The molecule has 2 aliphatic rings. The third-order valence-corrected chi connectivity index (χ3v) is 7.36. The molecular formula is C28H26N2O2S. The minimum atomic E-state index is -0.442. The number of aliphatic hydroxyl groups is 1. The molecule has 0 bridgehead atoms. The molecule has 0 radical (unpaired) electrons. The van der Waals surface area contributed by atoms with Gasteiger partial charge in [0.2, 0.25) is 0 Å². The van der Waals surface area contributed by atoms with E-state index in [0.717, 1.165) is 45.8 Å². The summed E-state index contributed by atoms with van der Waals surface area (Å²) >= 11 is 1.56. The van der Waals surface area contributed by atoms with Crippen molar-refractivity contribution >= 4 is 34.4 Å². The van der Waals surface area contributed by atoms with Crippen LogP contribution < -0.4 is 4.90 Å². The average molecular weight is 455 g/mol. The standard InChI is InChI=1S/C28H26N2O2S/c1-17-11-13-19(14-12-17)27(32)26-25(23-10-5-15-33-23)24-21(8-4-9-22(24)31)30(28(26)29)20-7-3-6-18(2)16-20/h3,5-7,10-16,25,29,32H,4,8-9H2,1-2H3/b27-26+,29-28?. The van der Waals surface area contributed by atoms with Gasteiger partial charge in [-0.05, 0) is 55.8 Å². The lowest BCUT2D eigenvalue weighted by Gasteiger charge is -2.41. The minimum absolute atomic E-state index is 0.0565. The number of anilines is 1. The minimum Gasteiger partial charge on any atom is -0.507 e. The molecule has 1 unspecified atom stereocenters. The highest BCUT2D eigenvalue weighted by Gasteiger charge is 2.43. The Hall–Kier alpha value is -3.44. The molecule has 0 spiro atoms. The number of hydrogen-bond donors (Lipinski definition) is 2. The maximum Gasteiger partial charge on any atom is 0.161 e. The number of rotatable bonds is 3. The number of nitrogens with zero attached hydrogens (tertiary/aromatic N) is 1. The Balaban J connectivity index is 1.81. The Labute approximate surface area is 198 Å². The zero-order valence-corrected chi connectivity index (χ0v) is 19.6. The van der Waals surface area contributed by atoms with Gasteiger partial charge in [-0.15, -0.1) is 11.3 Å². The van der Waals surface area contributed by atoms with Gasteiger partial charge in [-0.3, -0.25) is 15.1 Å². The maximum atomic E-state index is 13.4. The zero-order chi connectivity index (χ0) is 23.1. The number of carbonyl (C=O) groups is 1. The Morgan fingerprint density at radius 3 is 2.52 bits per heavy atom. The normalized spacial score (nSPS) is 20.2. The van der Waals surface area contributed by atoms with Crippen LogP contribution in [-0.2, 0) is 4.79 Å². The summed E-state index contributed by atoms with van der Waals surface area (Å²) in [6.07, 6.45) is 2.00. The van der Waals surface area contributed by atoms with Crippen LogP contribution in [0.4, 0.5) is 5.69 Å². The lowest BCUT2D eigenvalue weighted by molar-refractivity contribution is -0.116. The zero-order valence-electron chi connectivity index (χ0n) is 18.8. The third-order valence-electron chi connectivity index (χ3n) is 6.42. The Bertz CT molecular complexity index is 1300. The highest BCUT2D eigenvalue weighted by Crippen LogP contribution is 2.48. The number of aliphatic hydroxyl groups excluding tert-OH is 1. The lowest BCUT2D eigenvalue weighted by atomic mass is 9.76. The number of thiophene rings is 1. The van der Waals surface area contributed by atoms with Crippen molar-refractivity contribution in [3.63, 3.8) is 0 Å². The van der Waals surface area contributed by atoms with Crippen LogP contribution in [0, 0.1) is 19.3 Å². The van der Waals surface area contributed by atoms with E-state index in [0.29, 0.717) is 17.6 Å². The highest BCUT2D eigenvalue weighted by molar-refractivity contribution is 7.10. The first-order chi connectivity index (χ1) is 16.0. The number of aryl methyl sites for hydroxylation is 2. The van der Waals surface area contributed by atoms with Crippen molar-refractivity contribution in [1.29, 1.82) is 5.41 Å². The van der Waals surface area contributed by atoms with Crippen LogP contribution in [0.1, 0.15) is 46.7 Å². The second-order valence-electron chi connectivity index (χ2n) is 8.74. The topological polar surface area (TPSA) is 64.4 Å². The van der Waals surface area contributed by atoms with E-state index in [1.165, 1.54) is 0 Å². The molecule has 1 atom stereocenters. The molecule has 5 heteroatoms. The van der Waals surface area contributed by atoms with Gasteiger partial charge in [-0.2, -0.15) is 0 Å². The number of nitrogens with one attached hydrogen (secondary N) is 1. The molecule has 0 saturated carbocycles. The Morgan fingerprint density at radius 1 is 1.03 bits per heavy atom. The van der Waals surface area contributed by atoms with Crippen molar-refractivity contribution in [2.24, 2.45) is 0 Å². The molecule has 0 amide bonds. The number of hydrogen-bond acceptors (Lipinski definition) is 4. The molecular weight excluding hydrogens is 428 g/mol. The maximum absolute atomic E-state index is 13.4. The molecule has 2 N–H and O–H groups in total. The fourth-order valence-electron chi connectivity index (χ4n) is 4.85. The van der Waals surface area contributed by atoms with Crippen molar-refractivity contribution in [1.82, 2.24) is 0 Å². The van der Waals surface area contributed by atoms with E-state index in [1.807, 2.05) is 84.8 Å². The Kier molecular flexibility index (Phi) is 5.51. The monoisotopic (exact) mass is 454 g/mol. The first kappa shape index (κ1) is 21.4. The van der Waals surface area contributed by atoms with Crippen LogP contribution >= 0.6 is 11.3 Å². The molecule has 166 valence electrons. The van der Waals surface area contributed by atoms with Crippen LogP contribution in [-0.4, -0.2) is 16.7 Å². The molecule has 1 aliphatic heterocycles. The van der Waals surface area contributed by atoms with Crippen molar-refractivity contribution in [3.05, 3.63) is 104 Å². The van der Waals surface area contributed by atoms with Gasteiger partial charge in [0.15, 0.2) is 5.78 Å². The second kappa shape index (κ2) is 8.49. The van der Waals surface area contributed by atoms with Gasteiger partial charge in [-0.1, -0.05) is 48.0 Å². The van der Waals surface area contributed by atoms with E-state index >= 15 is 0 Å². The predicted molar refractivity (Wildman–Crippen MR) is 135 cm³/mol. The summed E-state index contributed by atoms with van der Waals surface area (Å²) in [6.45, 7) is 4.02. The first-order valence-corrected chi connectivity index (χ1v) is 12.1. The lowest BCUT2D eigenvalue weighted by Crippen LogP contribution is -2.42. The van der Waals surface area contributed by atoms with Gasteiger partial charge >= 0.3 is 0 Å². The number of Topliss-reactive ketones (excluding diaryl/α,β-unsaturated/α-hetero) is 1. The number of carbonyl (C=O) groups excluding carboxylic acids is 1. The summed E-state index contributed by atoms with van der Waals surface area (Å²) in [5.74, 6) is -0.0526. The summed E-state index contributed by atoms with van der Waals surface area (Å²) in [4.78, 5) is 16.2. The van der Waals surface area contributed by atoms with E-state index in [-0.39, 0.29) is 17.4 Å². The first-order valence-electron chi connectivity index (χ1n) is 11.2. The molecule has 2 heterocycles. The summed E-state index contributed by atoms with van der Waals surface area (Å²) in [5.41, 5.74) is 5.77. The van der Waals surface area contributed by atoms with Gasteiger partial charge in [0.05, 0.1) is 11.5 Å². The van der Waals surface area contributed by atoms with Gasteiger partial charge < -0.3 is 5.11 Å². The predicted octanol–water partition coefficient (Wildman–Crippen LogP) is 6.92. The van der Waals surface area contributed by atoms with Crippen LogP contribution in [0.3, 0.4) is 0 Å². The van der Waals surface area contributed by atoms with E-state index in [9.17, 15) is 15.3 Å². The molecule has 0 fully saturated rings. The quantitative estimate of drug-likeness (QED) is 0.422. The van der Waals surface area contributed by atoms with Crippen molar-refractivity contribution < 1.29 is 9.90 Å². The third kappa shape index (κ3) is 3.72. The average Bonchev–Trinajstić information content (AvgIpc) is 3.33. The van der Waals surface area contributed by atoms with Gasteiger partial charge in [-0.25, -0.2) is 0 Å². The summed E-state index contributed by atoms with van der Waals surface area (Å²) in [5, 5.41) is 22.9. The number of amidine groups is 1. The fraction of sp³-hybridized carbons (Fsp3) is 0.214. The van der Waals surface area contributed by atoms with Gasteiger partial charge in [0, 0.05) is 33.8 Å². The van der Waals surface area contributed by atoms with E-state index in [1.54, 1.807) is 11.3 Å². The molecule has 33 heavy (non-hydrogen) atoms. The number of allylic oxidation sites excluding steroid dienone is 2. The molecule has 0 saturated heterocycles. The van der Waals surface area contributed by atoms with E-state index in [4.69, 9.17) is 0 Å². The van der Waals surface area contributed by atoms with Gasteiger partial charge in [0.1, 0.15) is 11.6 Å². The van der Waals surface area contributed by atoms with Gasteiger partial charge in [0.25, 0.3) is 0 Å². The van der Waals surface area contributed by atoms with Crippen molar-refractivity contribution in [3.8, 4) is 0 Å². The van der Waals surface area contributed by atoms with Crippen LogP contribution in [0.25, 0.3) is 5.76 Å². The molecule has 5 rings (SSSR count). The highest BCUT2D eigenvalue weighted by atomic mass is 32.1. The van der Waals surface area contributed by atoms with Crippen molar-refractivity contribution in [2.45, 2.75) is 39.0 Å². The van der Waals surface area contributed by atoms with Crippen molar-refractivity contribution in [2.75, 3.05) is 4.90 Å². The molecule has 1 aliphatic carbocycles. The summed E-state index contributed by atoms with van der Waals surface area (Å²) < 4.78 is 0. The van der Waals surface area contributed by atoms with E-state index < -0.39 is 5.92 Å². The molecule has 1 aromatic heterocycles. The number of benzene rings is 2. The van der Waals surface area contributed by atoms with Crippen LogP contribution in [0.5, 0.6) is 0 Å². The molecule has 3 aromatic rings. The van der Waals surface area contributed by atoms with Crippen LogP contribution in [0.15, 0.2) is 82.9 Å². The fourth-order valence-corrected chi connectivity index (χ4v) is 5.69. The SMILES string of the molecule is Cc1ccc(/C(O)=C2\C(=N)N(c3cccc(C)c3)C3=C(C(=O)CCC3)C2c2cccs2)cc1. The second-order valence-corrected chi connectivity index (χ2v) is 9.72. The largest absolute Gasteiger partial charge is 0.507 e. The summed E-state index contributed by atoms with van der Waals surface area (Å²) in [7, 11) is 0. The number of ketones is 1. The smallest absolute Gasteiger partial charge is 0.161 e. The molecule has 4 nitrogen and oxygen atoms in total. The summed E-state index contributed by atoms with van der Waals surface area (Å²) in [6, 6.07) is 19.6. The Morgan fingerprint density at radius 2 is 1.82 bits per heavy atom. The molecule has 2 aromatic carbocycles.